The number of carbonyl (C=O) groups is 1. The third-order valence-corrected chi connectivity index (χ3v) is 7.23. The molecule has 6 nitrogen and oxygen atoms in total. The van der Waals surface area contributed by atoms with Gasteiger partial charge in [-0.25, -0.2) is 13.2 Å². The number of fused-ring (bicyclic) bond motifs is 1. The van der Waals surface area contributed by atoms with Gasteiger partial charge in [0.2, 0.25) is 5.91 Å². The largest absolute Gasteiger partial charge is 0.423 e. The zero-order chi connectivity index (χ0) is 21.5. The molecular formula is C23H21NO5S. The van der Waals surface area contributed by atoms with E-state index < -0.39 is 20.9 Å². The van der Waals surface area contributed by atoms with Crippen LogP contribution in [0.5, 0.6) is 0 Å². The second-order valence-electron chi connectivity index (χ2n) is 7.87. The molecule has 0 aliphatic carbocycles. The van der Waals surface area contributed by atoms with Gasteiger partial charge in [-0.1, -0.05) is 43.3 Å². The number of sulfone groups is 1. The minimum Gasteiger partial charge on any atom is -0.423 e. The summed E-state index contributed by atoms with van der Waals surface area (Å²) in [5.74, 6) is -0.318. The minimum atomic E-state index is -3.71. The van der Waals surface area contributed by atoms with Gasteiger partial charge in [-0.15, -0.1) is 0 Å². The first-order valence-electron chi connectivity index (χ1n) is 9.50. The van der Waals surface area contributed by atoms with E-state index in [0.717, 1.165) is 5.56 Å². The maximum absolute atomic E-state index is 13.2. The number of amides is 1. The van der Waals surface area contributed by atoms with Crippen LogP contribution in [-0.4, -0.2) is 31.5 Å². The summed E-state index contributed by atoms with van der Waals surface area (Å²) in [5, 5.41) is 0.648. The van der Waals surface area contributed by atoms with Crippen LogP contribution in [0.15, 0.2) is 80.8 Å². The van der Waals surface area contributed by atoms with Crippen molar-refractivity contribution in [2.24, 2.45) is 5.41 Å². The molecule has 0 saturated heterocycles. The Morgan fingerprint density at radius 2 is 1.80 bits per heavy atom. The molecular weight excluding hydrogens is 402 g/mol. The summed E-state index contributed by atoms with van der Waals surface area (Å²) in [7, 11) is -3.71. The highest BCUT2D eigenvalue weighted by Crippen LogP contribution is 2.38. The maximum Gasteiger partial charge on any atom is 0.336 e. The van der Waals surface area contributed by atoms with Gasteiger partial charge < -0.3 is 9.32 Å². The lowest BCUT2D eigenvalue weighted by Crippen LogP contribution is -2.34. The number of benzene rings is 2. The topological polar surface area (TPSA) is 84.7 Å². The molecule has 0 N–H and O–H groups in total. The first kappa shape index (κ1) is 20.1. The third-order valence-electron chi connectivity index (χ3n) is 5.22. The van der Waals surface area contributed by atoms with Gasteiger partial charge in [0.1, 0.15) is 5.58 Å². The molecule has 154 valence electrons. The van der Waals surface area contributed by atoms with Gasteiger partial charge in [0, 0.05) is 42.1 Å². The standard InChI is InChI=1S/C23H21NO5S/c1-16(25)24-14-23(2,13-20(24)17-6-4-3-5-7-17)15-30(27,28)19-10-8-18-9-11-22(26)29-21(18)12-19/h3-13H,14-15H2,1-2H3. The molecule has 1 unspecified atom stereocenters. The molecule has 2 aromatic carbocycles. The Hall–Kier alpha value is -3.19. The summed E-state index contributed by atoms with van der Waals surface area (Å²) >= 11 is 0. The van der Waals surface area contributed by atoms with E-state index in [0.29, 0.717) is 11.1 Å². The quantitative estimate of drug-likeness (QED) is 0.600. The molecule has 1 aliphatic rings. The summed E-state index contributed by atoms with van der Waals surface area (Å²) < 4.78 is 31.5. The molecule has 0 bridgehead atoms. The van der Waals surface area contributed by atoms with Crippen LogP contribution in [0.2, 0.25) is 0 Å². The molecule has 1 aliphatic heterocycles. The predicted octanol–water partition coefficient (Wildman–Crippen LogP) is 3.48. The lowest BCUT2D eigenvalue weighted by Gasteiger charge is -2.25. The average Bonchev–Trinajstić information content (AvgIpc) is 3.05. The Kier molecular flexibility index (Phi) is 4.86. The van der Waals surface area contributed by atoms with Crippen molar-refractivity contribution in [3.8, 4) is 0 Å². The van der Waals surface area contributed by atoms with Crippen LogP contribution in [0.25, 0.3) is 16.7 Å². The van der Waals surface area contributed by atoms with E-state index in [1.807, 2.05) is 43.3 Å². The molecule has 2 heterocycles. The minimum absolute atomic E-state index is 0.0847. The fraction of sp³-hybridized carbons (Fsp3) is 0.217. The van der Waals surface area contributed by atoms with Crippen molar-refractivity contribution in [2.45, 2.75) is 18.7 Å². The zero-order valence-corrected chi connectivity index (χ0v) is 17.5. The van der Waals surface area contributed by atoms with Crippen LogP contribution < -0.4 is 5.63 Å². The second kappa shape index (κ2) is 7.25. The Bertz CT molecular complexity index is 1320. The first-order chi connectivity index (χ1) is 14.2. The smallest absolute Gasteiger partial charge is 0.336 e. The molecule has 3 aromatic rings. The van der Waals surface area contributed by atoms with E-state index in [-0.39, 0.29) is 28.7 Å². The molecule has 0 radical (unpaired) electrons. The Balaban J connectivity index is 1.71. The average molecular weight is 423 g/mol. The molecule has 30 heavy (non-hydrogen) atoms. The normalized spacial score (nSPS) is 19.1. The van der Waals surface area contributed by atoms with Gasteiger partial charge in [0.25, 0.3) is 0 Å². The van der Waals surface area contributed by atoms with E-state index >= 15 is 0 Å². The second-order valence-corrected chi connectivity index (χ2v) is 9.86. The highest BCUT2D eigenvalue weighted by molar-refractivity contribution is 7.91. The van der Waals surface area contributed by atoms with Crippen molar-refractivity contribution in [1.29, 1.82) is 0 Å². The maximum atomic E-state index is 13.2. The van der Waals surface area contributed by atoms with Gasteiger partial charge in [-0.05, 0) is 23.8 Å². The molecule has 1 atom stereocenters. The van der Waals surface area contributed by atoms with E-state index in [9.17, 15) is 18.0 Å². The van der Waals surface area contributed by atoms with Gasteiger partial charge in [0.05, 0.1) is 10.6 Å². The lowest BCUT2D eigenvalue weighted by atomic mass is 9.94. The summed E-state index contributed by atoms with van der Waals surface area (Å²) in [4.78, 5) is 25.4. The van der Waals surface area contributed by atoms with Gasteiger partial charge in [-0.3, -0.25) is 4.79 Å². The molecule has 0 saturated carbocycles. The van der Waals surface area contributed by atoms with E-state index in [4.69, 9.17) is 4.42 Å². The van der Waals surface area contributed by atoms with Crippen molar-refractivity contribution in [2.75, 3.05) is 12.3 Å². The third kappa shape index (κ3) is 3.80. The lowest BCUT2D eigenvalue weighted by molar-refractivity contribution is -0.125. The van der Waals surface area contributed by atoms with E-state index in [1.54, 1.807) is 17.0 Å². The number of rotatable bonds is 4. The van der Waals surface area contributed by atoms with Crippen LogP contribution in [0, 0.1) is 5.41 Å². The van der Waals surface area contributed by atoms with Crippen LogP contribution >= 0.6 is 0 Å². The van der Waals surface area contributed by atoms with Crippen LogP contribution in [0.4, 0.5) is 0 Å². The monoisotopic (exact) mass is 423 g/mol. The Labute approximate surface area is 174 Å². The SMILES string of the molecule is CC(=O)N1CC(C)(CS(=O)(=O)c2ccc3ccc(=O)oc3c2)C=C1c1ccccc1. The fourth-order valence-electron chi connectivity index (χ4n) is 3.87. The Morgan fingerprint density at radius 1 is 1.10 bits per heavy atom. The van der Waals surface area contributed by atoms with Gasteiger partial charge >= 0.3 is 5.63 Å². The predicted molar refractivity (Wildman–Crippen MR) is 114 cm³/mol. The number of nitrogens with zero attached hydrogens (tertiary/aromatic N) is 1. The highest BCUT2D eigenvalue weighted by atomic mass is 32.2. The molecule has 0 fully saturated rings. The van der Waals surface area contributed by atoms with Crippen LogP contribution in [0.3, 0.4) is 0 Å². The van der Waals surface area contributed by atoms with Crippen molar-refractivity contribution in [3.05, 3.63) is 82.7 Å². The number of hydrogen-bond acceptors (Lipinski definition) is 5. The Morgan fingerprint density at radius 3 is 2.50 bits per heavy atom. The summed E-state index contributed by atoms with van der Waals surface area (Å²) in [6.07, 6.45) is 1.86. The zero-order valence-electron chi connectivity index (χ0n) is 16.7. The van der Waals surface area contributed by atoms with Gasteiger partial charge in [0.15, 0.2) is 9.84 Å². The number of carbonyl (C=O) groups excluding carboxylic acids is 1. The molecule has 1 aromatic heterocycles. The van der Waals surface area contributed by atoms with Crippen molar-refractivity contribution >= 4 is 32.4 Å². The summed E-state index contributed by atoms with van der Waals surface area (Å²) in [6, 6.07) is 16.8. The highest BCUT2D eigenvalue weighted by Gasteiger charge is 2.39. The van der Waals surface area contributed by atoms with E-state index in [1.165, 1.54) is 25.1 Å². The van der Waals surface area contributed by atoms with Crippen molar-refractivity contribution in [1.82, 2.24) is 4.90 Å². The fourth-order valence-corrected chi connectivity index (χ4v) is 5.64. The molecule has 0 spiro atoms. The first-order valence-corrected chi connectivity index (χ1v) is 11.2. The van der Waals surface area contributed by atoms with Crippen LogP contribution in [0.1, 0.15) is 19.4 Å². The summed E-state index contributed by atoms with van der Waals surface area (Å²) in [5.41, 5.74) is 0.507. The van der Waals surface area contributed by atoms with Crippen LogP contribution in [-0.2, 0) is 14.6 Å². The molecule has 4 rings (SSSR count). The van der Waals surface area contributed by atoms with Crippen molar-refractivity contribution in [3.63, 3.8) is 0 Å². The molecule has 1 amide bonds. The van der Waals surface area contributed by atoms with Gasteiger partial charge in [-0.2, -0.15) is 0 Å². The van der Waals surface area contributed by atoms with E-state index in [2.05, 4.69) is 0 Å². The molecule has 7 heteroatoms. The van der Waals surface area contributed by atoms with Crippen molar-refractivity contribution < 1.29 is 17.6 Å². The summed E-state index contributed by atoms with van der Waals surface area (Å²) in [6.45, 7) is 3.58. The number of hydrogen-bond donors (Lipinski definition) is 0.